The zero-order valence-corrected chi connectivity index (χ0v) is 29.5. The number of hydrogen-bond donors (Lipinski definition) is 0. The van der Waals surface area contributed by atoms with E-state index in [0.29, 0.717) is 0 Å². The normalized spacial score (nSPS) is 23.7. The van der Waals surface area contributed by atoms with Crippen LogP contribution >= 0.6 is 23.1 Å². The summed E-state index contributed by atoms with van der Waals surface area (Å²) in [6.07, 6.45) is -1.23. The number of carbonyl (C=O) groups excluding carboxylic acids is 3. The number of ether oxygens (including phenoxy) is 4. The first-order valence-electron chi connectivity index (χ1n) is 15.9. The maximum absolute atomic E-state index is 12.2. The van der Waals surface area contributed by atoms with Gasteiger partial charge in [0.1, 0.15) is 6.10 Å². The third-order valence-corrected chi connectivity index (χ3v) is 10.8. The first-order valence-corrected chi connectivity index (χ1v) is 18.0. The van der Waals surface area contributed by atoms with Crippen LogP contribution in [-0.4, -0.2) is 90.9 Å². The molecule has 3 heterocycles. The van der Waals surface area contributed by atoms with Crippen molar-refractivity contribution in [2.24, 2.45) is 0 Å². The Morgan fingerprint density at radius 2 is 1.60 bits per heavy atom. The Bertz CT molecular complexity index is 1570. The van der Waals surface area contributed by atoms with Crippen LogP contribution in [0.3, 0.4) is 0 Å². The van der Waals surface area contributed by atoms with Gasteiger partial charge in [0, 0.05) is 69.7 Å². The Morgan fingerprint density at radius 1 is 0.894 bits per heavy atom. The average molecular weight is 681 g/mol. The molecular formula is C36H44N2O7S2. The number of likely N-dealkylation sites (N-methyl/N-ethyl adjacent to an activating group) is 1. The molecular weight excluding hydrogens is 637 g/mol. The molecule has 2 aromatic carbocycles. The lowest BCUT2D eigenvalue weighted by atomic mass is 9.92. The number of esters is 3. The molecule has 1 aromatic heterocycles. The van der Waals surface area contributed by atoms with Gasteiger partial charge in [-0.2, -0.15) is 11.8 Å². The van der Waals surface area contributed by atoms with Gasteiger partial charge in [-0.3, -0.25) is 19.3 Å². The fourth-order valence-electron chi connectivity index (χ4n) is 6.20. The molecule has 2 fully saturated rings. The van der Waals surface area contributed by atoms with Crippen LogP contribution in [0.2, 0.25) is 0 Å². The summed E-state index contributed by atoms with van der Waals surface area (Å²) >= 11 is 3.23. The van der Waals surface area contributed by atoms with Crippen LogP contribution in [0.4, 0.5) is 0 Å². The average Bonchev–Trinajstić information content (AvgIpc) is 3.49. The Balaban J connectivity index is 1.37. The van der Waals surface area contributed by atoms with Gasteiger partial charge in [-0.15, -0.1) is 11.3 Å². The quantitative estimate of drug-likeness (QED) is 0.199. The zero-order chi connectivity index (χ0) is 33.7. The molecule has 252 valence electrons. The second-order valence-corrected chi connectivity index (χ2v) is 14.5. The first kappa shape index (κ1) is 35.1. The van der Waals surface area contributed by atoms with Gasteiger partial charge >= 0.3 is 17.9 Å². The van der Waals surface area contributed by atoms with Gasteiger partial charge < -0.3 is 23.8 Å². The Hall–Kier alpha value is -3.22. The van der Waals surface area contributed by atoms with E-state index in [1.807, 2.05) is 12.3 Å². The van der Waals surface area contributed by atoms with E-state index in [9.17, 15) is 14.4 Å². The largest absolute Gasteiger partial charge is 0.457 e. The highest BCUT2D eigenvalue weighted by Gasteiger charge is 2.51. The van der Waals surface area contributed by atoms with Crippen LogP contribution in [-0.2, 0) is 46.3 Å². The Morgan fingerprint density at radius 3 is 2.28 bits per heavy atom. The van der Waals surface area contributed by atoms with E-state index in [1.54, 1.807) is 11.3 Å². The van der Waals surface area contributed by atoms with Crippen molar-refractivity contribution < 1.29 is 33.3 Å². The highest BCUT2D eigenvalue weighted by atomic mass is 32.2. The van der Waals surface area contributed by atoms with Crippen molar-refractivity contribution >= 4 is 41.0 Å². The Kier molecular flexibility index (Phi) is 11.8. The second kappa shape index (κ2) is 15.8. The molecule has 2 saturated heterocycles. The molecule has 1 unspecified atom stereocenters. The minimum atomic E-state index is -1.24. The van der Waals surface area contributed by atoms with Crippen LogP contribution in [0.5, 0.6) is 0 Å². The van der Waals surface area contributed by atoms with Crippen molar-refractivity contribution in [3.63, 3.8) is 0 Å². The smallest absolute Gasteiger partial charge is 0.305 e. The number of thioether (sulfide) groups is 1. The molecule has 0 radical (unpaired) electrons. The fourth-order valence-corrected chi connectivity index (χ4v) is 8.17. The summed E-state index contributed by atoms with van der Waals surface area (Å²) in [5.74, 6) is -1.73. The number of benzene rings is 2. The molecule has 5 rings (SSSR count). The standard InChI is InChI=1S/C36H44N2O7S2/c1-22-10-11-28(32-35(46-6)33(42-23(2)39)34(43-24(3)40)36(45-32)44-25(4)41)19-29(22)20-30-12-13-31(47-30)27-9-7-8-26(18-27)21-38-16-14-37(5)15-17-38/h7-13,18-19,32-36H,14-17,20-21H2,1-6H3/t32?,33-,34-,35-,36-/m0/s1. The number of nitrogens with zero attached hydrogens (tertiary/aromatic N) is 2. The second-order valence-electron chi connectivity index (χ2n) is 12.3. The molecule has 0 bridgehead atoms. The summed E-state index contributed by atoms with van der Waals surface area (Å²) in [5.41, 5.74) is 5.69. The Labute approximate surface area is 285 Å². The highest BCUT2D eigenvalue weighted by molar-refractivity contribution is 7.99. The molecule has 0 saturated carbocycles. The number of piperazine rings is 1. The van der Waals surface area contributed by atoms with Gasteiger partial charge in [-0.05, 0) is 66.2 Å². The number of thiophene rings is 1. The van der Waals surface area contributed by atoms with Crippen LogP contribution in [0.15, 0.2) is 54.6 Å². The minimum absolute atomic E-state index is 0.433. The van der Waals surface area contributed by atoms with Gasteiger partial charge in [0.2, 0.25) is 12.4 Å². The first-order chi connectivity index (χ1) is 22.5. The monoisotopic (exact) mass is 680 g/mol. The molecule has 0 spiro atoms. The van der Waals surface area contributed by atoms with E-state index in [4.69, 9.17) is 18.9 Å². The van der Waals surface area contributed by atoms with Gasteiger partial charge in [0.15, 0.2) is 6.10 Å². The third-order valence-electron chi connectivity index (χ3n) is 8.59. The maximum atomic E-state index is 12.2. The number of carbonyl (C=O) groups is 3. The molecule has 5 atom stereocenters. The SMILES string of the molecule is CS[C@H]1C(c2ccc(C)c(Cc3ccc(-c4cccc(CN5CCN(C)CC5)c4)s3)c2)O[C@H](OC(C)=O)[C@@H](OC(C)=O)[C@@H]1OC(C)=O. The fraction of sp³-hybridized carbons (Fsp3) is 0.472. The third kappa shape index (κ3) is 9.03. The maximum Gasteiger partial charge on any atom is 0.305 e. The predicted molar refractivity (Wildman–Crippen MR) is 184 cm³/mol. The molecule has 11 heteroatoms. The van der Waals surface area contributed by atoms with Crippen LogP contribution in [0.25, 0.3) is 10.4 Å². The van der Waals surface area contributed by atoms with E-state index in [0.717, 1.165) is 55.8 Å². The van der Waals surface area contributed by atoms with Crippen LogP contribution in [0.1, 0.15) is 54.0 Å². The molecule has 9 nitrogen and oxygen atoms in total. The van der Waals surface area contributed by atoms with Crippen molar-refractivity contribution in [1.29, 1.82) is 0 Å². The van der Waals surface area contributed by atoms with E-state index in [1.165, 1.54) is 53.4 Å². The number of aryl methyl sites for hydroxylation is 1. The lowest BCUT2D eigenvalue weighted by molar-refractivity contribution is -0.266. The summed E-state index contributed by atoms with van der Waals surface area (Å²) in [5, 5.41) is -0.433. The van der Waals surface area contributed by atoms with Crippen LogP contribution in [0, 0.1) is 6.92 Å². The number of hydrogen-bond acceptors (Lipinski definition) is 11. The summed E-state index contributed by atoms with van der Waals surface area (Å²) in [4.78, 5) is 43.6. The van der Waals surface area contributed by atoms with Crippen LogP contribution < -0.4 is 0 Å². The molecule has 47 heavy (non-hydrogen) atoms. The molecule has 0 amide bonds. The predicted octanol–water partition coefficient (Wildman–Crippen LogP) is 5.62. The van der Waals surface area contributed by atoms with Gasteiger partial charge in [-0.1, -0.05) is 36.4 Å². The van der Waals surface area contributed by atoms with Crippen molar-refractivity contribution in [3.8, 4) is 10.4 Å². The van der Waals surface area contributed by atoms with E-state index in [-0.39, 0.29) is 0 Å². The molecule has 2 aliphatic rings. The van der Waals surface area contributed by atoms with Gasteiger partial charge in [0.05, 0.1) is 5.25 Å². The summed E-state index contributed by atoms with van der Waals surface area (Å²) < 4.78 is 23.0. The van der Waals surface area contributed by atoms with Gasteiger partial charge in [0.25, 0.3) is 0 Å². The zero-order valence-electron chi connectivity index (χ0n) is 27.9. The van der Waals surface area contributed by atoms with Crippen molar-refractivity contribution in [2.75, 3.05) is 39.5 Å². The topological polar surface area (TPSA) is 94.6 Å². The highest BCUT2D eigenvalue weighted by Crippen LogP contribution is 2.42. The molecule has 3 aromatic rings. The van der Waals surface area contributed by atoms with E-state index < -0.39 is 47.8 Å². The molecule has 2 aliphatic heterocycles. The van der Waals surface area contributed by atoms with E-state index in [2.05, 4.69) is 72.3 Å². The summed E-state index contributed by atoms with van der Waals surface area (Å²) in [7, 11) is 2.18. The lowest BCUT2D eigenvalue weighted by Gasteiger charge is -2.44. The molecule has 0 N–H and O–H groups in total. The van der Waals surface area contributed by atoms with Gasteiger partial charge in [-0.25, -0.2) is 0 Å². The minimum Gasteiger partial charge on any atom is -0.457 e. The summed E-state index contributed by atoms with van der Waals surface area (Å²) in [6, 6.07) is 19.4. The van der Waals surface area contributed by atoms with Crippen molar-refractivity contribution in [3.05, 3.63) is 81.7 Å². The van der Waals surface area contributed by atoms with E-state index >= 15 is 0 Å². The lowest BCUT2D eigenvalue weighted by Crippen LogP contribution is -2.57. The summed E-state index contributed by atoms with van der Waals surface area (Å²) in [6.45, 7) is 11.3. The van der Waals surface area contributed by atoms with Crippen molar-refractivity contribution in [1.82, 2.24) is 9.80 Å². The number of rotatable bonds is 10. The molecule has 0 aliphatic carbocycles. The van der Waals surface area contributed by atoms with Crippen molar-refractivity contribution in [2.45, 2.75) is 70.5 Å².